The summed E-state index contributed by atoms with van der Waals surface area (Å²) in [4.78, 5) is 8.06. The van der Waals surface area contributed by atoms with Gasteiger partial charge in [0.05, 0.1) is 12.7 Å². The van der Waals surface area contributed by atoms with Gasteiger partial charge in [0.15, 0.2) is 11.6 Å². The van der Waals surface area contributed by atoms with Crippen LogP contribution >= 0.6 is 0 Å². The molecule has 0 saturated heterocycles. The SMILES string of the molecule is CC(O)(CNc1ncc(F)c(NCC(C)(O)c2ccccc2)n1)c1ccccc1. The summed E-state index contributed by atoms with van der Waals surface area (Å²) < 4.78 is 14.1. The lowest BCUT2D eigenvalue weighted by atomic mass is 9.96. The molecule has 7 heteroatoms. The van der Waals surface area contributed by atoms with Crippen LogP contribution in [0.1, 0.15) is 25.0 Å². The quantitative estimate of drug-likeness (QED) is 0.467. The van der Waals surface area contributed by atoms with Crippen LogP contribution in [0.5, 0.6) is 0 Å². The minimum atomic E-state index is -1.21. The van der Waals surface area contributed by atoms with Gasteiger partial charge in [-0.15, -0.1) is 0 Å². The molecule has 0 aliphatic carbocycles. The average Bonchev–Trinajstić information content (AvgIpc) is 2.73. The number of nitrogens with zero attached hydrogens (tertiary/aromatic N) is 2. The van der Waals surface area contributed by atoms with Gasteiger partial charge in [-0.1, -0.05) is 60.7 Å². The maximum atomic E-state index is 14.1. The van der Waals surface area contributed by atoms with E-state index >= 15 is 0 Å². The minimum Gasteiger partial charge on any atom is -0.384 e. The molecule has 2 unspecified atom stereocenters. The predicted molar refractivity (Wildman–Crippen MR) is 111 cm³/mol. The molecule has 0 bridgehead atoms. The number of benzene rings is 2. The lowest BCUT2D eigenvalue weighted by Gasteiger charge is -2.25. The van der Waals surface area contributed by atoms with Crippen LogP contribution in [-0.4, -0.2) is 33.3 Å². The van der Waals surface area contributed by atoms with Crippen molar-refractivity contribution in [3.63, 3.8) is 0 Å². The Kier molecular flexibility index (Phi) is 6.10. The van der Waals surface area contributed by atoms with Crippen molar-refractivity contribution in [2.24, 2.45) is 0 Å². The van der Waals surface area contributed by atoms with E-state index in [1.165, 1.54) is 0 Å². The summed E-state index contributed by atoms with van der Waals surface area (Å²) in [6, 6.07) is 18.3. The molecule has 0 amide bonds. The fraction of sp³-hybridized carbons (Fsp3) is 0.273. The molecule has 0 radical (unpaired) electrons. The van der Waals surface area contributed by atoms with E-state index in [2.05, 4.69) is 20.6 Å². The summed E-state index contributed by atoms with van der Waals surface area (Å²) in [5.74, 6) is -0.489. The molecule has 29 heavy (non-hydrogen) atoms. The second kappa shape index (κ2) is 8.55. The number of aliphatic hydroxyl groups is 2. The molecule has 152 valence electrons. The minimum absolute atomic E-state index is 0.0296. The van der Waals surface area contributed by atoms with Gasteiger partial charge in [0.1, 0.15) is 11.2 Å². The summed E-state index contributed by atoms with van der Waals surface area (Å²) in [6.07, 6.45) is 1.05. The summed E-state index contributed by atoms with van der Waals surface area (Å²) in [5, 5.41) is 27.1. The van der Waals surface area contributed by atoms with Crippen molar-refractivity contribution < 1.29 is 14.6 Å². The van der Waals surface area contributed by atoms with Crippen LogP contribution in [0.15, 0.2) is 66.9 Å². The third-order valence-electron chi connectivity index (χ3n) is 4.73. The smallest absolute Gasteiger partial charge is 0.224 e. The van der Waals surface area contributed by atoms with E-state index < -0.39 is 17.0 Å². The fourth-order valence-electron chi connectivity index (χ4n) is 2.88. The van der Waals surface area contributed by atoms with Crippen LogP contribution in [0.3, 0.4) is 0 Å². The maximum absolute atomic E-state index is 14.1. The van der Waals surface area contributed by atoms with Gasteiger partial charge in [-0.25, -0.2) is 9.37 Å². The largest absolute Gasteiger partial charge is 0.384 e. The number of rotatable bonds is 8. The molecule has 3 aromatic rings. The predicted octanol–water partition coefficient (Wildman–Crippen LogP) is 3.25. The highest BCUT2D eigenvalue weighted by atomic mass is 19.1. The van der Waals surface area contributed by atoms with Gasteiger partial charge in [-0.2, -0.15) is 4.98 Å². The zero-order valence-corrected chi connectivity index (χ0v) is 16.4. The highest BCUT2D eigenvalue weighted by molar-refractivity contribution is 5.42. The van der Waals surface area contributed by atoms with E-state index in [-0.39, 0.29) is 24.9 Å². The second-order valence-electron chi connectivity index (χ2n) is 7.38. The van der Waals surface area contributed by atoms with E-state index in [9.17, 15) is 14.6 Å². The Balaban J connectivity index is 1.67. The Labute approximate surface area is 169 Å². The highest BCUT2D eigenvalue weighted by Gasteiger charge is 2.25. The highest BCUT2D eigenvalue weighted by Crippen LogP contribution is 2.23. The summed E-state index contributed by atoms with van der Waals surface area (Å²) in [6.45, 7) is 3.52. The first-order chi connectivity index (χ1) is 13.8. The Bertz CT molecular complexity index is 934. The Hall–Kier alpha value is -3.03. The number of hydrogen-bond acceptors (Lipinski definition) is 6. The summed E-state index contributed by atoms with van der Waals surface area (Å²) in [7, 11) is 0. The molecule has 2 aromatic carbocycles. The third-order valence-corrected chi connectivity index (χ3v) is 4.73. The molecular weight excluding hydrogens is 371 g/mol. The molecule has 4 N–H and O–H groups in total. The van der Waals surface area contributed by atoms with Crippen LogP contribution in [0.4, 0.5) is 16.2 Å². The van der Waals surface area contributed by atoms with E-state index in [1.807, 2.05) is 48.5 Å². The first-order valence-corrected chi connectivity index (χ1v) is 9.34. The monoisotopic (exact) mass is 396 g/mol. The zero-order valence-electron chi connectivity index (χ0n) is 16.4. The van der Waals surface area contributed by atoms with Crippen molar-refractivity contribution in [1.82, 2.24) is 9.97 Å². The van der Waals surface area contributed by atoms with Gasteiger partial charge in [0.25, 0.3) is 0 Å². The molecule has 0 spiro atoms. The topological polar surface area (TPSA) is 90.3 Å². The van der Waals surface area contributed by atoms with Crippen LogP contribution < -0.4 is 10.6 Å². The number of hydrogen-bond donors (Lipinski definition) is 4. The van der Waals surface area contributed by atoms with Gasteiger partial charge in [-0.05, 0) is 25.0 Å². The number of anilines is 2. The first kappa shape index (κ1) is 20.7. The number of nitrogens with one attached hydrogen (secondary N) is 2. The standard InChI is InChI=1S/C22H25FN4O2/c1-21(28,16-9-5-3-6-10-16)14-25-19-18(23)13-24-20(27-19)26-15-22(2,29)17-11-7-4-8-12-17/h3-13,28-29H,14-15H2,1-2H3,(H2,24,25,26,27). The fourth-order valence-corrected chi connectivity index (χ4v) is 2.88. The first-order valence-electron chi connectivity index (χ1n) is 9.34. The van der Waals surface area contributed by atoms with E-state index in [4.69, 9.17) is 0 Å². The van der Waals surface area contributed by atoms with E-state index in [0.29, 0.717) is 5.56 Å². The molecule has 1 heterocycles. The molecule has 6 nitrogen and oxygen atoms in total. The van der Waals surface area contributed by atoms with Crippen LogP contribution in [-0.2, 0) is 11.2 Å². The zero-order chi connectivity index (χ0) is 20.9. The Morgan fingerprint density at radius 2 is 1.31 bits per heavy atom. The van der Waals surface area contributed by atoms with Gasteiger partial charge in [0.2, 0.25) is 5.95 Å². The van der Waals surface area contributed by atoms with Gasteiger partial charge in [0, 0.05) is 6.54 Å². The molecule has 0 aliphatic heterocycles. The molecule has 0 saturated carbocycles. The summed E-state index contributed by atoms with van der Waals surface area (Å²) >= 11 is 0. The summed E-state index contributed by atoms with van der Waals surface area (Å²) in [5.41, 5.74) is -0.904. The van der Waals surface area contributed by atoms with Crippen molar-refractivity contribution in [3.8, 4) is 0 Å². The molecule has 2 atom stereocenters. The van der Waals surface area contributed by atoms with E-state index in [0.717, 1.165) is 11.8 Å². The number of aromatic nitrogens is 2. The van der Waals surface area contributed by atoms with Crippen molar-refractivity contribution in [2.75, 3.05) is 23.7 Å². The Morgan fingerprint density at radius 3 is 1.83 bits per heavy atom. The van der Waals surface area contributed by atoms with Crippen LogP contribution in [0.2, 0.25) is 0 Å². The lowest BCUT2D eigenvalue weighted by molar-refractivity contribution is 0.0711. The van der Waals surface area contributed by atoms with Crippen LogP contribution in [0.25, 0.3) is 0 Å². The third kappa shape index (κ3) is 5.28. The van der Waals surface area contributed by atoms with Crippen molar-refractivity contribution >= 4 is 11.8 Å². The normalized spacial score (nSPS) is 15.2. The van der Waals surface area contributed by atoms with E-state index in [1.54, 1.807) is 26.0 Å². The molecular formula is C22H25FN4O2. The van der Waals surface area contributed by atoms with Gasteiger partial charge >= 0.3 is 0 Å². The Morgan fingerprint density at radius 1 is 0.828 bits per heavy atom. The van der Waals surface area contributed by atoms with Crippen LogP contribution in [0, 0.1) is 5.82 Å². The van der Waals surface area contributed by atoms with Crippen molar-refractivity contribution in [3.05, 3.63) is 83.8 Å². The lowest BCUT2D eigenvalue weighted by Crippen LogP contribution is -2.32. The second-order valence-corrected chi connectivity index (χ2v) is 7.38. The van der Waals surface area contributed by atoms with Gasteiger partial charge in [-0.3, -0.25) is 0 Å². The molecule has 0 aliphatic rings. The number of halogens is 1. The van der Waals surface area contributed by atoms with Crippen molar-refractivity contribution in [1.29, 1.82) is 0 Å². The molecule has 1 aromatic heterocycles. The molecule has 0 fully saturated rings. The van der Waals surface area contributed by atoms with Crippen molar-refractivity contribution in [2.45, 2.75) is 25.0 Å². The van der Waals surface area contributed by atoms with Gasteiger partial charge < -0.3 is 20.8 Å². The maximum Gasteiger partial charge on any atom is 0.224 e. The average molecular weight is 396 g/mol. The molecule has 3 rings (SSSR count).